The van der Waals surface area contributed by atoms with Crippen LogP contribution in [-0.4, -0.2) is 51.5 Å². The Morgan fingerprint density at radius 2 is 1.82 bits per heavy atom. The third-order valence-corrected chi connectivity index (χ3v) is 5.79. The first-order valence-electron chi connectivity index (χ1n) is 11.8. The smallest absolute Gasteiger partial charge is 0.272 e. The van der Waals surface area contributed by atoms with E-state index >= 15 is 0 Å². The van der Waals surface area contributed by atoms with E-state index in [0.29, 0.717) is 37.8 Å². The van der Waals surface area contributed by atoms with Crippen LogP contribution < -0.4 is 10.6 Å². The lowest BCUT2D eigenvalue weighted by molar-refractivity contribution is -0.123. The highest BCUT2D eigenvalue weighted by Crippen LogP contribution is 2.17. The molecule has 3 rings (SSSR count). The van der Waals surface area contributed by atoms with Crippen LogP contribution in [0.25, 0.3) is 0 Å². The maximum atomic E-state index is 13.2. The molecule has 0 spiro atoms. The van der Waals surface area contributed by atoms with Gasteiger partial charge in [-0.2, -0.15) is 5.10 Å². The van der Waals surface area contributed by atoms with Crippen molar-refractivity contribution < 1.29 is 14.4 Å². The summed E-state index contributed by atoms with van der Waals surface area (Å²) in [6, 6.07) is 10.7. The highest BCUT2D eigenvalue weighted by atomic mass is 16.2. The summed E-state index contributed by atoms with van der Waals surface area (Å²) in [4.78, 5) is 40.5. The van der Waals surface area contributed by atoms with E-state index in [1.165, 1.54) is 6.07 Å². The van der Waals surface area contributed by atoms with E-state index in [0.717, 1.165) is 18.4 Å². The minimum absolute atomic E-state index is 0.0866. The van der Waals surface area contributed by atoms with Gasteiger partial charge in [0.05, 0.1) is 0 Å². The molecule has 1 atom stereocenters. The van der Waals surface area contributed by atoms with Gasteiger partial charge in [-0.1, -0.05) is 58.0 Å². The Labute approximate surface area is 195 Å². The molecule has 8 heteroatoms. The minimum atomic E-state index is -0.670. The molecular weight excluding hydrogens is 418 g/mol. The van der Waals surface area contributed by atoms with Crippen LogP contribution in [0.2, 0.25) is 0 Å². The first-order valence-corrected chi connectivity index (χ1v) is 11.8. The molecule has 0 radical (unpaired) electrons. The van der Waals surface area contributed by atoms with Crippen LogP contribution in [0.15, 0.2) is 36.4 Å². The summed E-state index contributed by atoms with van der Waals surface area (Å²) in [5.41, 5.74) is 1.61. The fourth-order valence-electron chi connectivity index (χ4n) is 3.84. The van der Waals surface area contributed by atoms with Gasteiger partial charge in [0.2, 0.25) is 5.91 Å². The van der Waals surface area contributed by atoms with Crippen molar-refractivity contribution in [3.05, 3.63) is 53.3 Å². The largest absolute Gasteiger partial charge is 0.354 e. The molecule has 178 valence electrons. The summed E-state index contributed by atoms with van der Waals surface area (Å²) < 4.78 is 1.61. The molecule has 2 heterocycles. The number of carbonyl (C=O) groups excluding carboxylic acids is 3. The number of benzene rings is 1. The molecule has 8 nitrogen and oxygen atoms in total. The van der Waals surface area contributed by atoms with Gasteiger partial charge in [-0.05, 0) is 30.2 Å². The van der Waals surface area contributed by atoms with E-state index in [-0.39, 0.29) is 23.4 Å². The monoisotopic (exact) mass is 453 g/mol. The van der Waals surface area contributed by atoms with Crippen LogP contribution in [0, 0.1) is 11.8 Å². The Balaban J connectivity index is 1.70. The van der Waals surface area contributed by atoms with Crippen LogP contribution in [0.3, 0.4) is 0 Å². The predicted octanol–water partition coefficient (Wildman–Crippen LogP) is 2.85. The number of aromatic nitrogens is 2. The number of rotatable bonds is 9. The van der Waals surface area contributed by atoms with E-state index in [4.69, 9.17) is 0 Å². The molecule has 1 unspecified atom stereocenters. The maximum absolute atomic E-state index is 13.2. The molecule has 0 fully saturated rings. The topological polar surface area (TPSA) is 96.3 Å². The number of carbonyl (C=O) groups is 3. The number of nitrogens with zero attached hydrogens (tertiary/aromatic N) is 3. The summed E-state index contributed by atoms with van der Waals surface area (Å²) in [7, 11) is 0. The molecule has 0 saturated heterocycles. The van der Waals surface area contributed by atoms with E-state index < -0.39 is 11.9 Å². The molecule has 33 heavy (non-hydrogen) atoms. The van der Waals surface area contributed by atoms with Gasteiger partial charge in [0.1, 0.15) is 11.7 Å². The second-order valence-electron chi connectivity index (χ2n) is 9.37. The quantitative estimate of drug-likeness (QED) is 0.610. The summed E-state index contributed by atoms with van der Waals surface area (Å²) >= 11 is 0. The second kappa shape index (κ2) is 11.1. The zero-order valence-electron chi connectivity index (χ0n) is 20.0. The second-order valence-corrected chi connectivity index (χ2v) is 9.37. The number of hydrogen-bond acceptors (Lipinski definition) is 4. The minimum Gasteiger partial charge on any atom is -0.354 e. The standard InChI is InChI=1S/C25H35N5O3/c1-17(2)11-12-26-24(32)22(18(3)4)27-23(31)20-15-21-25(33)29(13-8-14-30(21)28-20)16-19-9-6-5-7-10-19/h5-7,9-10,15,17-18,22H,8,11-14,16H2,1-4H3,(H,26,32)(H,27,31). The summed E-state index contributed by atoms with van der Waals surface area (Å²) in [6.45, 7) is 10.2. The van der Waals surface area contributed by atoms with Gasteiger partial charge >= 0.3 is 0 Å². The third kappa shape index (κ3) is 6.43. The Morgan fingerprint density at radius 3 is 2.48 bits per heavy atom. The number of aryl methyl sites for hydroxylation is 1. The molecule has 0 bridgehead atoms. The van der Waals surface area contributed by atoms with Gasteiger partial charge in [0, 0.05) is 32.2 Å². The van der Waals surface area contributed by atoms with Crippen molar-refractivity contribution in [1.29, 1.82) is 0 Å². The molecule has 2 aromatic rings. The molecule has 1 aliphatic rings. The van der Waals surface area contributed by atoms with Crippen molar-refractivity contribution in [1.82, 2.24) is 25.3 Å². The lowest BCUT2D eigenvalue weighted by Gasteiger charge is -2.21. The van der Waals surface area contributed by atoms with Gasteiger partial charge in [-0.3, -0.25) is 19.1 Å². The lowest BCUT2D eigenvalue weighted by atomic mass is 10.0. The van der Waals surface area contributed by atoms with E-state index in [1.54, 1.807) is 9.58 Å². The van der Waals surface area contributed by atoms with Crippen LogP contribution in [0.4, 0.5) is 0 Å². The highest BCUT2D eigenvalue weighted by molar-refractivity contribution is 5.99. The SMILES string of the molecule is CC(C)CCNC(=O)C(NC(=O)c1cc2n(n1)CCCN(Cc1ccccc1)C2=O)C(C)C. The van der Waals surface area contributed by atoms with Gasteiger partial charge in [-0.25, -0.2) is 0 Å². The summed E-state index contributed by atoms with van der Waals surface area (Å²) in [6.07, 6.45) is 1.63. The fourth-order valence-corrected chi connectivity index (χ4v) is 3.84. The van der Waals surface area contributed by atoms with Crippen molar-refractivity contribution >= 4 is 17.7 Å². The predicted molar refractivity (Wildman–Crippen MR) is 127 cm³/mol. The molecule has 1 aromatic heterocycles. The Hall–Kier alpha value is -3.16. The van der Waals surface area contributed by atoms with Crippen molar-refractivity contribution in [2.24, 2.45) is 11.8 Å². The summed E-state index contributed by atoms with van der Waals surface area (Å²) in [5, 5.41) is 10.1. The number of hydrogen-bond donors (Lipinski definition) is 2. The first kappa shape index (κ1) is 24.5. The van der Waals surface area contributed by atoms with Gasteiger partial charge in [0.15, 0.2) is 5.69 Å². The Bertz CT molecular complexity index is 968. The van der Waals surface area contributed by atoms with E-state index in [2.05, 4.69) is 29.6 Å². The number of amides is 3. The van der Waals surface area contributed by atoms with Crippen LogP contribution in [0.1, 0.15) is 67.1 Å². The zero-order valence-corrected chi connectivity index (χ0v) is 20.0. The van der Waals surface area contributed by atoms with Gasteiger partial charge in [0.25, 0.3) is 11.8 Å². The van der Waals surface area contributed by atoms with Crippen molar-refractivity contribution in [3.8, 4) is 0 Å². The molecule has 1 aliphatic heterocycles. The number of fused-ring (bicyclic) bond motifs is 1. The van der Waals surface area contributed by atoms with Crippen LogP contribution in [-0.2, 0) is 17.9 Å². The molecule has 2 N–H and O–H groups in total. The molecule has 1 aromatic carbocycles. The molecule has 0 saturated carbocycles. The van der Waals surface area contributed by atoms with E-state index in [1.807, 2.05) is 44.2 Å². The average molecular weight is 454 g/mol. The third-order valence-electron chi connectivity index (χ3n) is 5.79. The van der Waals surface area contributed by atoms with Crippen molar-refractivity contribution in [2.75, 3.05) is 13.1 Å². The van der Waals surface area contributed by atoms with Crippen LogP contribution >= 0.6 is 0 Å². The normalized spacial score (nSPS) is 14.7. The Kier molecular flexibility index (Phi) is 8.25. The molecular formula is C25H35N5O3. The van der Waals surface area contributed by atoms with E-state index in [9.17, 15) is 14.4 Å². The maximum Gasteiger partial charge on any atom is 0.272 e. The Morgan fingerprint density at radius 1 is 1.09 bits per heavy atom. The fraction of sp³-hybridized carbons (Fsp3) is 0.520. The van der Waals surface area contributed by atoms with Crippen LogP contribution in [0.5, 0.6) is 0 Å². The van der Waals surface area contributed by atoms with Gasteiger partial charge in [-0.15, -0.1) is 0 Å². The van der Waals surface area contributed by atoms with Gasteiger partial charge < -0.3 is 15.5 Å². The molecule has 3 amide bonds. The average Bonchev–Trinajstić information content (AvgIpc) is 3.14. The molecule has 0 aliphatic carbocycles. The van der Waals surface area contributed by atoms with Crippen molar-refractivity contribution in [3.63, 3.8) is 0 Å². The summed E-state index contributed by atoms with van der Waals surface area (Å²) in [5.74, 6) is -0.399. The zero-order chi connectivity index (χ0) is 24.0. The lowest BCUT2D eigenvalue weighted by Crippen LogP contribution is -2.50. The highest BCUT2D eigenvalue weighted by Gasteiger charge is 2.29. The first-order chi connectivity index (χ1) is 15.8. The van der Waals surface area contributed by atoms with Crippen molar-refractivity contribution in [2.45, 2.75) is 59.7 Å². The number of nitrogens with one attached hydrogen (secondary N) is 2.